The third-order valence-corrected chi connectivity index (χ3v) is 4.26. The molecule has 0 saturated carbocycles. The average Bonchev–Trinajstić information content (AvgIpc) is 2.38. The Bertz CT molecular complexity index is 559. The number of benzene rings is 2. The van der Waals surface area contributed by atoms with Gasteiger partial charge < -0.3 is 4.74 Å². The fourth-order valence-electron chi connectivity index (χ4n) is 1.75. The second-order valence-electron chi connectivity index (χ2n) is 3.80. The molecule has 0 fully saturated rings. The van der Waals surface area contributed by atoms with E-state index in [0.717, 1.165) is 21.3 Å². The van der Waals surface area contributed by atoms with Crippen molar-refractivity contribution in [3.8, 4) is 5.75 Å². The van der Waals surface area contributed by atoms with Crippen molar-refractivity contribution in [2.75, 3.05) is 7.11 Å². The van der Waals surface area contributed by atoms with Crippen molar-refractivity contribution < 1.29 is 4.74 Å². The van der Waals surface area contributed by atoms with Crippen molar-refractivity contribution in [2.24, 2.45) is 0 Å². The van der Waals surface area contributed by atoms with Crippen LogP contribution in [0.2, 0.25) is 0 Å². The second kappa shape index (κ2) is 6.26. The van der Waals surface area contributed by atoms with E-state index in [0.29, 0.717) is 0 Å². The quantitative estimate of drug-likeness (QED) is 0.462. The Morgan fingerprint density at radius 3 is 2.67 bits per heavy atom. The molecule has 4 heteroatoms. The summed E-state index contributed by atoms with van der Waals surface area (Å²) in [6, 6.07) is 14.0. The molecule has 2 aromatic carbocycles. The van der Waals surface area contributed by atoms with Gasteiger partial charge in [0.15, 0.2) is 0 Å². The summed E-state index contributed by atoms with van der Waals surface area (Å²) < 4.78 is 7.53. The number of rotatable bonds is 3. The van der Waals surface area contributed by atoms with Crippen LogP contribution in [-0.2, 0) is 0 Å². The van der Waals surface area contributed by atoms with Crippen molar-refractivity contribution in [3.63, 3.8) is 0 Å². The van der Waals surface area contributed by atoms with Crippen LogP contribution < -0.4 is 4.74 Å². The molecular formula is C14H11BrClIO. The van der Waals surface area contributed by atoms with E-state index in [1.165, 1.54) is 3.57 Å². The first kappa shape index (κ1) is 14.2. The summed E-state index contributed by atoms with van der Waals surface area (Å²) in [5.74, 6) is 0.803. The van der Waals surface area contributed by atoms with Crippen LogP contribution in [0.5, 0.6) is 5.75 Å². The van der Waals surface area contributed by atoms with Crippen molar-refractivity contribution >= 4 is 50.1 Å². The largest absolute Gasteiger partial charge is 0.496 e. The third kappa shape index (κ3) is 3.19. The lowest BCUT2D eigenvalue weighted by Gasteiger charge is -2.15. The van der Waals surface area contributed by atoms with E-state index in [4.69, 9.17) is 16.3 Å². The van der Waals surface area contributed by atoms with E-state index in [1.54, 1.807) is 7.11 Å². The minimum absolute atomic E-state index is 0.216. The highest BCUT2D eigenvalue weighted by Crippen LogP contribution is 2.36. The zero-order chi connectivity index (χ0) is 13.1. The van der Waals surface area contributed by atoms with Crippen molar-refractivity contribution in [2.45, 2.75) is 5.38 Å². The van der Waals surface area contributed by atoms with E-state index in [-0.39, 0.29) is 5.38 Å². The Kier molecular flexibility index (Phi) is 4.92. The molecule has 0 aliphatic heterocycles. The zero-order valence-corrected chi connectivity index (χ0v) is 14.2. The van der Waals surface area contributed by atoms with Crippen LogP contribution in [0.1, 0.15) is 16.5 Å². The predicted molar refractivity (Wildman–Crippen MR) is 87.5 cm³/mol. The molecule has 0 aromatic heterocycles. The van der Waals surface area contributed by atoms with Crippen molar-refractivity contribution in [1.82, 2.24) is 0 Å². The number of alkyl halides is 1. The zero-order valence-electron chi connectivity index (χ0n) is 9.66. The highest BCUT2D eigenvalue weighted by molar-refractivity contribution is 14.1. The van der Waals surface area contributed by atoms with Gasteiger partial charge in [-0.2, -0.15) is 0 Å². The maximum Gasteiger partial charge on any atom is 0.123 e. The van der Waals surface area contributed by atoms with Gasteiger partial charge in [0.2, 0.25) is 0 Å². The van der Waals surface area contributed by atoms with Crippen LogP contribution in [0.3, 0.4) is 0 Å². The first-order valence-electron chi connectivity index (χ1n) is 5.35. The Balaban J connectivity index is 2.44. The Morgan fingerprint density at radius 2 is 2.00 bits per heavy atom. The van der Waals surface area contributed by atoms with Gasteiger partial charge in [0.1, 0.15) is 5.75 Å². The van der Waals surface area contributed by atoms with Gasteiger partial charge in [-0.25, -0.2) is 0 Å². The highest BCUT2D eigenvalue weighted by Gasteiger charge is 2.16. The normalized spacial score (nSPS) is 12.2. The van der Waals surface area contributed by atoms with Crippen LogP contribution in [-0.4, -0.2) is 7.11 Å². The number of halogens is 3. The fraction of sp³-hybridized carbons (Fsp3) is 0.143. The molecule has 1 unspecified atom stereocenters. The van der Waals surface area contributed by atoms with Crippen LogP contribution in [0.15, 0.2) is 46.9 Å². The molecule has 0 bridgehead atoms. The Morgan fingerprint density at radius 1 is 1.22 bits per heavy atom. The Labute approximate surface area is 134 Å². The van der Waals surface area contributed by atoms with Gasteiger partial charge in [-0.05, 0) is 58.5 Å². The molecule has 0 aliphatic rings. The van der Waals surface area contributed by atoms with Crippen LogP contribution in [0.4, 0.5) is 0 Å². The fourth-order valence-corrected chi connectivity index (χ4v) is 3.00. The van der Waals surface area contributed by atoms with Gasteiger partial charge in [-0.15, -0.1) is 11.6 Å². The molecule has 18 heavy (non-hydrogen) atoms. The summed E-state index contributed by atoms with van der Waals surface area (Å²) in [5.41, 5.74) is 2.04. The van der Waals surface area contributed by atoms with Crippen molar-refractivity contribution in [3.05, 3.63) is 61.6 Å². The van der Waals surface area contributed by atoms with Gasteiger partial charge in [0.05, 0.1) is 12.5 Å². The number of hydrogen-bond donors (Lipinski definition) is 0. The van der Waals surface area contributed by atoms with Gasteiger partial charge >= 0.3 is 0 Å². The lowest BCUT2D eigenvalue weighted by molar-refractivity contribution is 0.410. The summed E-state index contributed by atoms with van der Waals surface area (Å²) in [6.07, 6.45) is 0. The first-order chi connectivity index (χ1) is 8.61. The molecule has 1 atom stereocenters. The minimum atomic E-state index is -0.216. The topological polar surface area (TPSA) is 9.23 Å². The summed E-state index contributed by atoms with van der Waals surface area (Å²) in [7, 11) is 1.66. The van der Waals surface area contributed by atoms with E-state index >= 15 is 0 Å². The van der Waals surface area contributed by atoms with Crippen molar-refractivity contribution in [1.29, 1.82) is 0 Å². The number of ether oxygens (including phenoxy) is 1. The maximum atomic E-state index is 6.56. The van der Waals surface area contributed by atoms with Gasteiger partial charge in [0.25, 0.3) is 0 Å². The number of methoxy groups -OCH3 is 1. The Hall–Kier alpha value is -0.260. The summed E-state index contributed by atoms with van der Waals surface area (Å²) in [4.78, 5) is 0. The summed E-state index contributed by atoms with van der Waals surface area (Å²) in [5, 5.41) is -0.216. The van der Waals surface area contributed by atoms with E-state index < -0.39 is 0 Å². The lowest BCUT2D eigenvalue weighted by Crippen LogP contribution is -1.98. The average molecular weight is 438 g/mol. The molecule has 0 amide bonds. The molecule has 2 rings (SSSR count). The SMILES string of the molecule is COc1ccc(Br)cc1C(Cl)c1cccc(I)c1. The lowest BCUT2D eigenvalue weighted by atomic mass is 10.0. The molecule has 1 nitrogen and oxygen atoms in total. The monoisotopic (exact) mass is 436 g/mol. The standard InChI is InChI=1S/C14H11BrClIO/c1-18-13-6-5-10(15)8-12(13)14(16)9-3-2-4-11(17)7-9/h2-8,14H,1H3. The van der Waals surface area contributed by atoms with Crippen LogP contribution in [0.25, 0.3) is 0 Å². The highest BCUT2D eigenvalue weighted by atomic mass is 127. The molecule has 0 spiro atoms. The second-order valence-corrected chi connectivity index (χ2v) is 6.40. The molecule has 0 heterocycles. The van der Waals surface area contributed by atoms with Gasteiger partial charge in [-0.3, -0.25) is 0 Å². The predicted octanol–water partition coefficient (Wildman–Crippen LogP) is 5.39. The van der Waals surface area contributed by atoms with Crippen LogP contribution in [0, 0.1) is 3.57 Å². The molecule has 0 saturated heterocycles. The molecular weight excluding hydrogens is 426 g/mol. The minimum Gasteiger partial charge on any atom is -0.496 e. The maximum absolute atomic E-state index is 6.56. The molecule has 0 aliphatic carbocycles. The summed E-state index contributed by atoms with van der Waals surface area (Å²) >= 11 is 12.3. The summed E-state index contributed by atoms with van der Waals surface area (Å²) in [6.45, 7) is 0. The molecule has 94 valence electrons. The van der Waals surface area contributed by atoms with Gasteiger partial charge in [-0.1, -0.05) is 28.1 Å². The molecule has 2 aromatic rings. The molecule has 0 radical (unpaired) electrons. The van der Waals surface area contributed by atoms with E-state index in [1.807, 2.05) is 36.4 Å². The molecule has 0 N–H and O–H groups in total. The van der Waals surface area contributed by atoms with Crippen LogP contribution >= 0.6 is 50.1 Å². The van der Waals surface area contributed by atoms with E-state index in [9.17, 15) is 0 Å². The first-order valence-corrected chi connectivity index (χ1v) is 7.65. The smallest absolute Gasteiger partial charge is 0.123 e. The number of hydrogen-bond acceptors (Lipinski definition) is 1. The third-order valence-electron chi connectivity index (χ3n) is 2.61. The van der Waals surface area contributed by atoms with E-state index in [2.05, 4.69) is 44.6 Å². The van der Waals surface area contributed by atoms with Gasteiger partial charge in [0, 0.05) is 13.6 Å².